The van der Waals surface area contributed by atoms with E-state index in [0.717, 1.165) is 28.4 Å². The number of hydrogen-bond donors (Lipinski definition) is 2. The fourth-order valence-corrected chi connectivity index (χ4v) is 2.81. The van der Waals surface area contributed by atoms with E-state index in [0.29, 0.717) is 5.88 Å². The number of carbonyl (C=O) groups is 1. The number of halogens is 3. The molecule has 6 nitrogen and oxygen atoms in total. The van der Waals surface area contributed by atoms with Gasteiger partial charge < -0.3 is 15.2 Å². The van der Waals surface area contributed by atoms with Crippen molar-refractivity contribution in [3.05, 3.63) is 96.8 Å². The molecule has 2 aromatic heterocycles. The molecule has 34 heavy (non-hydrogen) atoms. The molecule has 0 radical (unpaired) electrons. The number of ether oxygens (including phenoxy) is 1. The van der Waals surface area contributed by atoms with Crippen molar-refractivity contribution in [2.24, 2.45) is 0 Å². The Morgan fingerprint density at radius 1 is 0.912 bits per heavy atom. The van der Waals surface area contributed by atoms with Gasteiger partial charge in [0.15, 0.2) is 0 Å². The van der Waals surface area contributed by atoms with Gasteiger partial charge in [-0.05, 0) is 61.0 Å². The van der Waals surface area contributed by atoms with Crippen LogP contribution in [-0.4, -0.2) is 27.2 Å². The maximum Gasteiger partial charge on any atom is 0.490 e. The van der Waals surface area contributed by atoms with Crippen LogP contribution in [0.15, 0.2) is 91.3 Å². The zero-order chi connectivity index (χ0) is 24.6. The summed E-state index contributed by atoms with van der Waals surface area (Å²) in [6.45, 7) is 2.08. The van der Waals surface area contributed by atoms with Gasteiger partial charge in [0.1, 0.15) is 11.6 Å². The topological polar surface area (TPSA) is 84.3 Å². The number of nitrogens with one attached hydrogen (secondary N) is 1. The van der Waals surface area contributed by atoms with Crippen molar-refractivity contribution in [3.8, 4) is 22.8 Å². The van der Waals surface area contributed by atoms with Crippen LogP contribution in [0.1, 0.15) is 5.56 Å². The summed E-state index contributed by atoms with van der Waals surface area (Å²) in [7, 11) is 0. The molecule has 0 saturated heterocycles. The molecule has 2 heterocycles. The van der Waals surface area contributed by atoms with Crippen LogP contribution in [0.4, 0.5) is 24.7 Å². The Labute approximate surface area is 193 Å². The smallest absolute Gasteiger partial charge is 0.475 e. The van der Waals surface area contributed by atoms with Crippen LogP contribution in [0.2, 0.25) is 0 Å². The molecular weight excluding hydrogens is 447 g/mol. The van der Waals surface area contributed by atoms with E-state index in [4.69, 9.17) is 14.6 Å². The Morgan fingerprint density at radius 2 is 1.62 bits per heavy atom. The first-order valence-electron chi connectivity index (χ1n) is 10.0. The summed E-state index contributed by atoms with van der Waals surface area (Å²) in [5.41, 5.74) is 4.21. The van der Waals surface area contributed by atoms with Crippen LogP contribution in [-0.2, 0) is 4.79 Å². The van der Waals surface area contributed by atoms with E-state index < -0.39 is 12.1 Å². The Bertz CT molecular complexity index is 1230. The standard InChI is InChI=1S/C23H19N3O.C2HF3O2/c1-17-6-4-7-18(16-17)21-8-5-15-25-23(21)27-20-12-10-19(11-13-20)26-22-9-2-3-14-24-22;3-2(4,5)1(6)7/h2-16H,1H3,(H,24,26);(H,6,7). The molecular formula is C25H20F3N3O3. The van der Waals surface area contributed by atoms with E-state index in [9.17, 15) is 13.2 Å². The predicted octanol–water partition coefficient (Wildman–Crippen LogP) is 6.62. The van der Waals surface area contributed by atoms with Crippen molar-refractivity contribution in [1.29, 1.82) is 0 Å². The number of carboxylic acids is 1. The second-order valence-electron chi connectivity index (χ2n) is 6.99. The average molecular weight is 467 g/mol. The molecule has 0 spiro atoms. The van der Waals surface area contributed by atoms with Crippen molar-refractivity contribution in [3.63, 3.8) is 0 Å². The summed E-state index contributed by atoms with van der Waals surface area (Å²) in [5.74, 6) is -0.632. The molecule has 4 aromatic rings. The van der Waals surface area contributed by atoms with E-state index in [1.807, 2.05) is 60.7 Å². The summed E-state index contributed by atoms with van der Waals surface area (Å²) >= 11 is 0. The van der Waals surface area contributed by atoms with Gasteiger partial charge in [-0.25, -0.2) is 14.8 Å². The van der Waals surface area contributed by atoms with Crippen molar-refractivity contribution >= 4 is 17.5 Å². The first-order chi connectivity index (χ1) is 16.2. The number of anilines is 2. The second kappa shape index (κ2) is 11.0. The molecule has 0 atom stereocenters. The van der Waals surface area contributed by atoms with E-state index in [-0.39, 0.29) is 0 Å². The van der Waals surface area contributed by atoms with E-state index in [1.165, 1.54) is 5.56 Å². The SMILES string of the molecule is Cc1cccc(-c2cccnc2Oc2ccc(Nc3ccccn3)cc2)c1.O=C(O)C(F)(F)F. The largest absolute Gasteiger partial charge is 0.490 e. The summed E-state index contributed by atoms with van der Waals surface area (Å²) in [6, 6.07) is 25.8. The second-order valence-corrected chi connectivity index (χ2v) is 6.99. The van der Waals surface area contributed by atoms with Gasteiger partial charge in [0, 0.05) is 23.6 Å². The van der Waals surface area contributed by atoms with Crippen LogP contribution in [0.5, 0.6) is 11.6 Å². The number of alkyl halides is 3. The number of benzene rings is 2. The molecule has 2 aromatic carbocycles. The van der Waals surface area contributed by atoms with Gasteiger partial charge in [-0.3, -0.25) is 0 Å². The molecule has 0 fully saturated rings. The minimum atomic E-state index is -5.08. The number of rotatable bonds is 5. The maximum absolute atomic E-state index is 10.6. The molecule has 4 rings (SSSR count). The molecule has 2 N–H and O–H groups in total. The quantitative estimate of drug-likeness (QED) is 0.343. The third-order valence-corrected chi connectivity index (χ3v) is 4.35. The molecule has 0 bridgehead atoms. The van der Waals surface area contributed by atoms with E-state index >= 15 is 0 Å². The van der Waals surface area contributed by atoms with Crippen molar-refractivity contribution < 1.29 is 27.8 Å². The lowest BCUT2D eigenvalue weighted by molar-refractivity contribution is -0.192. The van der Waals surface area contributed by atoms with Crippen LogP contribution in [0.3, 0.4) is 0 Å². The first kappa shape index (κ1) is 24.2. The van der Waals surface area contributed by atoms with Gasteiger partial charge in [0.2, 0.25) is 5.88 Å². The molecule has 0 aliphatic heterocycles. The Morgan fingerprint density at radius 3 is 2.24 bits per heavy atom. The van der Waals surface area contributed by atoms with Gasteiger partial charge in [0.05, 0.1) is 0 Å². The molecule has 0 unspecified atom stereocenters. The number of aryl methyl sites for hydroxylation is 1. The molecule has 0 saturated carbocycles. The highest BCUT2D eigenvalue weighted by molar-refractivity contribution is 5.73. The third-order valence-electron chi connectivity index (χ3n) is 4.35. The monoisotopic (exact) mass is 467 g/mol. The number of carboxylic acid groups (broad SMARTS) is 1. The Hall–Kier alpha value is -4.40. The number of nitrogens with zero attached hydrogens (tertiary/aromatic N) is 2. The Balaban J connectivity index is 0.000000406. The first-order valence-corrected chi connectivity index (χ1v) is 10.0. The summed E-state index contributed by atoms with van der Waals surface area (Å²) < 4.78 is 37.8. The average Bonchev–Trinajstić information content (AvgIpc) is 2.81. The highest BCUT2D eigenvalue weighted by Crippen LogP contribution is 2.32. The van der Waals surface area contributed by atoms with Gasteiger partial charge in [-0.2, -0.15) is 13.2 Å². The van der Waals surface area contributed by atoms with Gasteiger partial charge >= 0.3 is 12.1 Å². The van der Waals surface area contributed by atoms with Gasteiger partial charge in [-0.15, -0.1) is 0 Å². The fourth-order valence-electron chi connectivity index (χ4n) is 2.81. The minimum Gasteiger partial charge on any atom is -0.475 e. The van der Waals surface area contributed by atoms with Crippen LogP contribution >= 0.6 is 0 Å². The number of pyridine rings is 2. The third kappa shape index (κ3) is 7.06. The summed E-state index contributed by atoms with van der Waals surface area (Å²) in [5, 5.41) is 10.4. The molecule has 174 valence electrons. The Kier molecular flexibility index (Phi) is 7.81. The number of hydrogen-bond acceptors (Lipinski definition) is 5. The summed E-state index contributed by atoms with van der Waals surface area (Å²) in [4.78, 5) is 17.6. The lowest BCUT2D eigenvalue weighted by Gasteiger charge is -2.11. The molecule has 0 aliphatic carbocycles. The highest BCUT2D eigenvalue weighted by Gasteiger charge is 2.38. The zero-order valence-corrected chi connectivity index (χ0v) is 18.0. The van der Waals surface area contributed by atoms with Gasteiger partial charge in [0.25, 0.3) is 0 Å². The minimum absolute atomic E-state index is 0.591. The zero-order valence-electron chi connectivity index (χ0n) is 18.0. The fraction of sp³-hybridized carbons (Fsp3) is 0.0800. The predicted molar refractivity (Wildman–Crippen MR) is 122 cm³/mol. The number of aromatic nitrogens is 2. The van der Waals surface area contributed by atoms with Crippen molar-refractivity contribution in [2.45, 2.75) is 13.1 Å². The van der Waals surface area contributed by atoms with Gasteiger partial charge in [-0.1, -0.05) is 35.9 Å². The summed E-state index contributed by atoms with van der Waals surface area (Å²) in [6.07, 6.45) is -1.58. The normalized spacial score (nSPS) is 10.6. The number of aliphatic carboxylic acids is 1. The lowest BCUT2D eigenvalue weighted by atomic mass is 10.1. The van der Waals surface area contributed by atoms with Crippen LogP contribution < -0.4 is 10.1 Å². The molecule has 0 amide bonds. The lowest BCUT2D eigenvalue weighted by Crippen LogP contribution is -2.21. The molecule has 0 aliphatic rings. The van der Waals surface area contributed by atoms with Crippen LogP contribution in [0, 0.1) is 6.92 Å². The van der Waals surface area contributed by atoms with Crippen molar-refractivity contribution in [1.82, 2.24) is 9.97 Å². The van der Waals surface area contributed by atoms with Crippen LogP contribution in [0.25, 0.3) is 11.1 Å². The maximum atomic E-state index is 10.6. The van der Waals surface area contributed by atoms with Crippen molar-refractivity contribution in [2.75, 3.05) is 5.32 Å². The molecule has 9 heteroatoms. The van der Waals surface area contributed by atoms with E-state index in [1.54, 1.807) is 12.4 Å². The highest BCUT2D eigenvalue weighted by atomic mass is 19.4. The van der Waals surface area contributed by atoms with E-state index in [2.05, 4.69) is 40.4 Å².